The fourth-order valence-corrected chi connectivity index (χ4v) is 3.96. The van der Waals surface area contributed by atoms with E-state index in [-0.39, 0.29) is 11.6 Å². The lowest BCUT2D eigenvalue weighted by molar-refractivity contribution is 0.101. The molecule has 1 heterocycles. The van der Waals surface area contributed by atoms with Gasteiger partial charge in [0.25, 0.3) is 0 Å². The number of hydrogen-bond acceptors (Lipinski definition) is 2. The third kappa shape index (κ3) is 2.46. The summed E-state index contributed by atoms with van der Waals surface area (Å²) < 4.78 is 13.4. The van der Waals surface area contributed by atoms with E-state index in [0.717, 1.165) is 18.2 Å². The molecule has 3 heteroatoms. The maximum absolute atomic E-state index is 13.4. The number of carbonyl (C=O) groups excluding carboxylic acids is 1. The summed E-state index contributed by atoms with van der Waals surface area (Å²) in [6, 6.07) is 5.21. The van der Waals surface area contributed by atoms with Gasteiger partial charge in [-0.2, -0.15) is 0 Å². The van der Waals surface area contributed by atoms with Gasteiger partial charge >= 0.3 is 0 Å². The molecule has 1 aliphatic heterocycles. The van der Waals surface area contributed by atoms with Gasteiger partial charge in [0.15, 0.2) is 5.78 Å². The number of nitrogens with zero attached hydrogens (tertiary/aromatic N) is 1. The maximum Gasteiger partial charge on any atom is 0.161 e. The van der Waals surface area contributed by atoms with Crippen LogP contribution < -0.4 is 4.90 Å². The summed E-state index contributed by atoms with van der Waals surface area (Å²) in [6.07, 6.45) is 7.59. The molecule has 1 aromatic rings. The minimum Gasteiger partial charge on any atom is -0.368 e. The number of piperidine rings is 1. The van der Waals surface area contributed by atoms with E-state index in [4.69, 9.17) is 0 Å². The molecule has 2 nitrogen and oxygen atoms in total. The number of ketones is 1. The zero-order chi connectivity index (χ0) is 14.1. The van der Waals surface area contributed by atoms with Crippen molar-refractivity contribution in [2.45, 2.75) is 51.5 Å². The highest BCUT2D eigenvalue weighted by Gasteiger charge is 2.34. The third-order valence-corrected chi connectivity index (χ3v) is 4.89. The first kappa shape index (κ1) is 13.6. The Balaban J connectivity index is 1.96. The van der Waals surface area contributed by atoms with Crippen LogP contribution in [0.5, 0.6) is 0 Å². The summed E-state index contributed by atoms with van der Waals surface area (Å²) in [7, 11) is 0. The number of anilines is 1. The Labute approximate surface area is 120 Å². The molecule has 0 N–H and O–H groups in total. The maximum atomic E-state index is 13.4. The van der Waals surface area contributed by atoms with Gasteiger partial charge in [-0.05, 0) is 56.7 Å². The predicted molar refractivity (Wildman–Crippen MR) is 78.7 cm³/mol. The second-order valence-electron chi connectivity index (χ2n) is 6.17. The van der Waals surface area contributed by atoms with Gasteiger partial charge in [0.2, 0.25) is 0 Å². The van der Waals surface area contributed by atoms with Crippen LogP contribution in [0.1, 0.15) is 55.8 Å². The lowest BCUT2D eigenvalue weighted by Gasteiger charge is -2.46. The Kier molecular flexibility index (Phi) is 3.77. The number of carbonyl (C=O) groups is 1. The second-order valence-corrected chi connectivity index (χ2v) is 6.17. The van der Waals surface area contributed by atoms with E-state index in [0.29, 0.717) is 11.6 Å². The molecule has 2 fully saturated rings. The smallest absolute Gasteiger partial charge is 0.161 e. The van der Waals surface area contributed by atoms with Crippen molar-refractivity contribution in [1.82, 2.24) is 0 Å². The van der Waals surface area contributed by atoms with Gasteiger partial charge < -0.3 is 4.90 Å². The van der Waals surface area contributed by atoms with E-state index in [1.165, 1.54) is 57.6 Å². The van der Waals surface area contributed by atoms with Gasteiger partial charge in [-0.15, -0.1) is 0 Å². The number of halogens is 1. The molecule has 0 amide bonds. The van der Waals surface area contributed by atoms with Gasteiger partial charge in [0, 0.05) is 23.8 Å². The molecule has 2 unspecified atom stereocenters. The topological polar surface area (TPSA) is 20.3 Å². The summed E-state index contributed by atoms with van der Waals surface area (Å²) >= 11 is 0. The van der Waals surface area contributed by atoms with Gasteiger partial charge in [-0.25, -0.2) is 4.39 Å². The first-order valence-electron chi connectivity index (χ1n) is 7.74. The minimum atomic E-state index is -0.323. The highest BCUT2D eigenvalue weighted by molar-refractivity contribution is 5.99. The lowest BCUT2D eigenvalue weighted by atomic mass is 9.78. The van der Waals surface area contributed by atoms with Crippen LogP contribution >= 0.6 is 0 Å². The first-order chi connectivity index (χ1) is 9.66. The van der Waals surface area contributed by atoms with Crippen LogP contribution in [0, 0.1) is 11.7 Å². The van der Waals surface area contributed by atoms with E-state index >= 15 is 0 Å². The molecule has 2 atom stereocenters. The van der Waals surface area contributed by atoms with Crippen molar-refractivity contribution in [1.29, 1.82) is 0 Å². The Morgan fingerprint density at radius 1 is 1.20 bits per heavy atom. The number of benzene rings is 1. The summed E-state index contributed by atoms with van der Waals surface area (Å²) in [5.41, 5.74) is 1.48. The van der Waals surface area contributed by atoms with Crippen molar-refractivity contribution in [2.24, 2.45) is 5.92 Å². The zero-order valence-corrected chi connectivity index (χ0v) is 12.1. The van der Waals surface area contributed by atoms with Crippen molar-refractivity contribution in [3.63, 3.8) is 0 Å². The van der Waals surface area contributed by atoms with Gasteiger partial charge in [-0.3, -0.25) is 4.79 Å². The Bertz CT molecular complexity index is 512. The van der Waals surface area contributed by atoms with Crippen LogP contribution in [0.2, 0.25) is 0 Å². The van der Waals surface area contributed by atoms with Crippen LogP contribution in [0.3, 0.4) is 0 Å². The van der Waals surface area contributed by atoms with Crippen LogP contribution in [-0.4, -0.2) is 18.4 Å². The molecule has 0 spiro atoms. The second kappa shape index (κ2) is 5.55. The highest BCUT2D eigenvalue weighted by atomic mass is 19.1. The lowest BCUT2D eigenvalue weighted by Crippen LogP contribution is -2.47. The fraction of sp³-hybridized carbons (Fsp3) is 0.588. The summed E-state index contributed by atoms with van der Waals surface area (Å²) in [4.78, 5) is 14.2. The van der Waals surface area contributed by atoms with Crippen molar-refractivity contribution in [3.05, 3.63) is 29.6 Å². The third-order valence-electron chi connectivity index (χ3n) is 4.89. The zero-order valence-electron chi connectivity index (χ0n) is 12.1. The SMILES string of the molecule is CC(=O)c1cc(F)ccc1N1CCCC2CCCCC21. The largest absolute Gasteiger partial charge is 0.368 e. The quantitative estimate of drug-likeness (QED) is 0.754. The van der Waals surface area contributed by atoms with E-state index in [2.05, 4.69) is 4.90 Å². The van der Waals surface area contributed by atoms with Crippen LogP contribution in [0.4, 0.5) is 10.1 Å². The van der Waals surface area contributed by atoms with Crippen molar-refractivity contribution in [2.75, 3.05) is 11.4 Å². The Hall–Kier alpha value is -1.38. The van der Waals surface area contributed by atoms with E-state index in [9.17, 15) is 9.18 Å². The summed E-state index contributed by atoms with van der Waals surface area (Å²) in [5.74, 6) is 0.385. The first-order valence-corrected chi connectivity index (χ1v) is 7.74. The number of rotatable bonds is 2. The van der Waals surface area contributed by atoms with Crippen LogP contribution in [-0.2, 0) is 0 Å². The van der Waals surface area contributed by atoms with Crippen LogP contribution in [0.25, 0.3) is 0 Å². The molecule has 20 heavy (non-hydrogen) atoms. The molecule has 1 aliphatic carbocycles. The molecule has 0 bridgehead atoms. The van der Waals surface area contributed by atoms with E-state index in [1.54, 1.807) is 6.07 Å². The minimum absolute atomic E-state index is 0.0440. The molecule has 3 rings (SSSR count). The molecule has 1 saturated carbocycles. The van der Waals surface area contributed by atoms with Crippen molar-refractivity contribution < 1.29 is 9.18 Å². The van der Waals surface area contributed by atoms with Gasteiger partial charge in [0.1, 0.15) is 5.82 Å². The summed E-state index contributed by atoms with van der Waals surface area (Å²) in [6.45, 7) is 2.52. The average molecular weight is 275 g/mol. The normalized spacial score (nSPS) is 26.2. The molecule has 2 aliphatic rings. The number of fused-ring (bicyclic) bond motifs is 1. The monoisotopic (exact) mass is 275 g/mol. The molecule has 0 aromatic heterocycles. The number of Topliss-reactive ketones (excluding diaryl/α,β-unsaturated/α-hetero) is 1. The molecule has 108 valence electrons. The Morgan fingerprint density at radius 2 is 1.95 bits per heavy atom. The van der Waals surface area contributed by atoms with Crippen molar-refractivity contribution >= 4 is 11.5 Å². The van der Waals surface area contributed by atoms with Crippen molar-refractivity contribution in [3.8, 4) is 0 Å². The predicted octanol–water partition coefficient (Wildman–Crippen LogP) is 4.19. The fourth-order valence-electron chi connectivity index (χ4n) is 3.96. The Morgan fingerprint density at radius 3 is 2.75 bits per heavy atom. The average Bonchev–Trinajstić information content (AvgIpc) is 2.46. The molecule has 0 radical (unpaired) electrons. The standard InChI is InChI=1S/C17H22FNO/c1-12(20)15-11-14(18)8-9-17(15)19-10-4-6-13-5-2-3-7-16(13)19/h8-9,11,13,16H,2-7,10H2,1H3. The summed E-state index contributed by atoms with van der Waals surface area (Å²) in [5, 5.41) is 0. The van der Waals surface area contributed by atoms with Crippen LogP contribution in [0.15, 0.2) is 18.2 Å². The molecule has 1 aromatic carbocycles. The van der Waals surface area contributed by atoms with Gasteiger partial charge in [-0.1, -0.05) is 12.8 Å². The van der Waals surface area contributed by atoms with Gasteiger partial charge in [0.05, 0.1) is 0 Å². The molecular weight excluding hydrogens is 253 g/mol. The number of hydrogen-bond donors (Lipinski definition) is 0. The highest BCUT2D eigenvalue weighted by Crippen LogP contribution is 2.39. The van der Waals surface area contributed by atoms with E-state index < -0.39 is 0 Å². The molecular formula is C17H22FNO. The molecule has 1 saturated heterocycles. The van der Waals surface area contributed by atoms with E-state index in [1.807, 2.05) is 0 Å².